The van der Waals surface area contributed by atoms with Crippen molar-refractivity contribution in [2.75, 3.05) is 31.6 Å². The van der Waals surface area contributed by atoms with E-state index in [9.17, 15) is 0 Å². The van der Waals surface area contributed by atoms with Crippen LogP contribution in [0, 0.1) is 6.92 Å². The number of para-hydroxylation sites is 1. The van der Waals surface area contributed by atoms with Crippen LogP contribution in [0.1, 0.15) is 17.5 Å². The van der Waals surface area contributed by atoms with Crippen molar-refractivity contribution in [3.05, 3.63) is 58.9 Å². The first kappa shape index (κ1) is 22.7. The number of benzene rings is 1. The second kappa shape index (κ2) is 10.3. The topological polar surface area (TPSA) is 68.3 Å². The van der Waals surface area contributed by atoms with Gasteiger partial charge < -0.3 is 20.5 Å². The van der Waals surface area contributed by atoms with Gasteiger partial charge in [-0.2, -0.15) is 0 Å². The summed E-state index contributed by atoms with van der Waals surface area (Å²) in [4.78, 5) is 14.4. The molecule has 6 nitrogen and oxygen atoms in total. The molecule has 0 spiro atoms. The summed E-state index contributed by atoms with van der Waals surface area (Å²) in [6, 6.07) is 10.5. The van der Waals surface area contributed by atoms with Crippen LogP contribution in [-0.4, -0.2) is 48.7 Å². The lowest BCUT2D eigenvalue weighted by atomic mass is 10.1. The van der Waals surface area contributed by atoms with Crippen LogP contribution in [0.25, 0.3) is 10.9 Å². The van der Waals surface area contributed by atoms with Crippen molar-refractivity contribution in [3.63, 3.8) is 0 Å². The summed E-state index contributed by atoms with van der Waals surface area (Å²) in [5.41, 5.74) is 3.82. The lowest BCUT2D eigenvalue weighted by Crippen LogP contribution is -2.45. The van der Waals surface area contributed by atoms with Crippen LogP contribution in [0.3, 0.4) is 0 Å². The zero-order valence-corrected chi connectivity index (χ0v) is 20.4. The van der Waals surface area contributed by atoms with Crippen molar-refractivity contribution >= 4 is 58.3 Å². The zero-order chi connectivity index (χ0) is 20.2. The average Bonchev–Trinajstić information content (AvgIpc) is 3.36. The summed E-state index contributed by atoms with van der Waals surface area (Å²) in [5.74, 6) is 1.69. The van der Waals surface area contributed by atoms with Gasteiger partial charge in [0.25, 0.3) is 0 Å². The fourth-order valence-electron chi connectivity index (χ4n) is 3.95. The van der Waals surface area contributed by atoms with Crippen LogP contribution in [0.5, 0.6) is 0 Å². The summed E-state index contributed by atoms with van der Waals surface area (Å²) in [6.07, 6.45) is 5.86. The first-order valence-electron chi connectivity index (χ1n) is 10.0. The quantitative estimate of drug-likeness (QED) is 0.260. The molecule has 4 rings (SSSR count). The third-order valence-corrected chi connectivity index (χ3v) is 5.78. The summed E-state index contributed by atoms with van der Waals surface area (Å²) in [6.45, 7) is 4.75. The van der Waals surface area contributed by atoms with Gasteiger partial charge in [-0.25, -0.2) is 4.98 Å². The molecular weight excluding hydrogens is 511 g/mol. The molecule has 1 aromatic carbocycles. The number of nitrogens with zero attached hydrogens (tertiary/aromatic N) is 3. The molecule has 3 aromatic rings. The predicted octanol–water partition coefficient (Wildman–Crippen LogP) is 4.13. The third kappa shape index (κ3) is 5.00. The Morgan fingerprint density at radius 3 is 3.00 bits per heavy atom. The second-order valence-corrected chi connectivity index (χ2v) is 7.85. The highest BCUT2D eigenvalue weighted by molar-refractivity contribution is 14.0. The van der Waals surface area contributed by atoms with Crippen LogP contribution in [0.15, 0.2) is 47.7 Å². The number of rotatable bonds is 5. The fraction of sp³-hybridized carbons (Fsp3) is 0.364. The molecule has 0 aliphatic carbocycles. The molecule has 8 heteroatoms. The smallest absolute Gasteiger partial charge is 0.191 e. The maximum absolute atomic E-state index is 6.29. The lowest BCUT2D eigenvalue weighted by Gasteiger charge is -2.20. The zero-order valence-electron chi connectivity index (χ0n) is 17.3. The normalized spacial score (nSPS) is 16.6. The highest BCUT2D eigenvalue weighted by Crippen LogP contribution is 2.25. The Balaban J connectivity index is 0.00000256. The number of aryl methyl sites for hydroxylation is 1. The van der Waals surface area contributed by atoms with Crippen molar-refractivity contribution in [3.8, 4) is 0 Å². The van der Waals surface area contributed by atoms with Crippen molar-refractivity contribution in [1.29, 1.82) is 0 Å². The number of halogens is 2. The van der Waals surface area contributed by atoms with Crippen LogP contribution in [0.2, 0.25) is 5.02 Å². The number of guanidine groups is 1. The second-order valence-electron chi connectivity index (χ2n) is 7.45. The molecule has 1 aliphatic heterocycles. The van der Waals surface area contributed by atoms with Gasteiger partial charge in [-0.3, -0.25) is 4.99 Å². The average molecular weight is 539 g/mol. The predicted molar refractivity (Wildman–Crippen MR) is 137 cm³/mol. The van der Waals surface area contributed by atoms with Gasteiger partial charge in [0.2, 0.25) is 0 Å². The number of nitrogens with one attached hydrogen (secondary N) is 3. The van der Waals surface area contributed by atoms with Crippen molar-refractivity contribution < 1.29 is 0 Å². The SMILES string of the molecule is CN=C(NCCc1c[nH]c2c(C)cccc12)NC1CCN(c2ncccc2Cl)C1.I. The number of aliphatic imine (C=N–C) groups is 1. The minimum atomic E-state index is 0. The Morgan fingerprint density at radius 2 is 2.20 bits per heavy atom. The number of fused-ring (bicyclic) bond motifs is 1. The van der Waals surface area contributed by atoms with E-state index in [-0.39, 0.29) is 24.0 Å². The maximum atomic E-state index is 6.29. The van der Waals surface area contributed by atoms with E-state index in [1.807, 2.05) is 19.2 Å². The molecule has 0 amide bonds. The number of hydrogen-bond donors (Lipinski definition) is 3. The highest BCUT2D eigenvalue weighted by Gasteiger charge is 2.25. The van der Waals surface area contributed by atoms with Gasteiger partial charge in [0.1, 0.15) is 5.82 Å². The van der Waals surface area contributed by atoms with Crippen LogP contribution >= 0.6 is 35.6 Å². The number of H-pyrrole nitrogens is 1. The van der Waals surface area contributed by atoms with E-state index < -0.39 is 0 Å². The van der Waals surface area contributed by atoms with Crippen molar-refractivity contribution in [1.82, 2.24) is 20.6 Å². The monoisotopic (exact) mass is 538 g/mol. The van der Waals surface area contributed by atoms with E-state index in [2.05, 4.69) is 61.8 Å². The van der Waals surface area contributed by atoms with Gasteiger partial charge in [-0.15, -0.1) is 24.0 Å². The van der Waals surface area contributed by atoms with Crippen LogP contribution in [0.4, 0.5) is 5.82 Å². The Kier molecular flexibility index (Phi) is 7.82. The molecule has 160 valence electrons. The number of anilines is 1. The van der Waals surface area contributed by atoms with E-state index in [1.165, 1.54) is 22.0 Å². The van der Waals surface area contributed by atoms with E-state index in [1.54, 1.807) is 6.20 Å². The highest BCUT2D eigenvalue weighted by atomic mass is 127. The molecule has 1 aliphatic rings. The number of aromatic amines is 1. The molecule has 1 atom stereocenters. The van der Waals surface area contributed by atoms with E-state index in [0.29, 0.717) is 11.1 Å². The molecule has 0 radical (unpaired) electrons. The van der Waals surface area contributed by atoms with Gasteiger partial charge in [-0.1, -0.05) is 29.8 Å². The largest absolute Gasteiger partial charge is 0.361 e. The van der Waals surface area contributed by atoms with Crippen molar-refractivity contribution in [2.24, 2.45) is 4.99 Å². The molecule has 0 bridgehead atoms. The van der Waals surface area contributed by atoms with Crippen LogP contribution < -0.4 is 15.5 Å². The molecule has 3 N–H and O–H groups in total. The number of aromatic nitrogens is 2. The lowest BCUT2D eigenvalue weighted by molar-refractivity contribution is 0.648. The first-order chi connectivity index (χ1) is 14.2. The van der Waals surface area contributed by atoms with Crippen molar-refractivity contribution in [2.45, 2.75) is 25.8 Å². The van der Waals surface area contributed by atoms with E-state index in [0.717, 1.165) is 44.3 Å². The molecule has 1 saturated heterocycles. The minimum absolute atomic E-state index is 0. The summed E-state index contributed by atoms with van der Waals surface area (Å²) < 4.78 is 0. The van der Waals surface area contributed by atoms with Gasteiger partial charge in [0.05, 0.1) is 5.02 Å². The Labute approximate surface area is 199 Å². The molecule has 1 fully saturated rings. The maximum Gasteiger partial charge on any atom is 0.191 e. The third-order valence-electron chi connectivity index (χ3n) is 5.49. The van der Waals surface area contributed by atoms with Gasteiger partial charge in [0.15, 0.2) is 5.96 Å². The number of hydrogen-bond acceptors (Lipinski definition) is 3. The Hall–Kier alpha value is -2.00. The van der Waals surface area contributed by atoms with Crippen LogP contribution in [-0.2, 0) is 6.42 Å². The van der Waals surface area contributed by atoms with Gasteiger partial charge in [0, 0.05) is 56.0 Å². The molecule has 30 heavy (non-hydrogen) atoms. The molecule has 1 unspecified atom stereocenters. The molecule has 2 aromatic heterocycles. The summed E-state index contributed by atoms with van der Waals surface area (Å²) in [7, 11) is 1.81. The van der Waals surface area contributed by atoms with E-state index in [4.69, 9.17) is 11.6 Å². The Morgan fingerprint density at radius 1 is 1.33 bits per heavy atom. The molecule has 0 saturated carbocycles. The Bertz CT molecular complexity index is 1020. The molecule has 3 heterocycles. The summed E-state index contributed by atoms with van der Waals surface area (Å²) in [5, 5.41) is 8.97. The van der Waals surface area contributed by atoms with Gasteiger partial charge in [-0.05, 0) is 43.0 Å². The summed E-state index contributed by atoms with van der Waals surface area (Å²) >= 11 is 6.29. The first-order valence-corrected chi connectivity index (χ1v) is 10.4. The fourth-order valence-corrected chi connectivity index (χ4v) is 4.20. The van der Waals surface area contributed by atoms with E-state index >= 15 is 0 Å². The standard InChI is InChI=1S/C22H27ClN6.HI/c1-15-5-3-6-18-16(13-27-20(15)18)8-11-26-22(24-2)28-17-9-12-29(14-17)21-19(23)7-4-10-25-21;/h3-7,10,13,17,27H,8-9,11-12,14H2,1-2H3,(H2,24,26,28);1H. The molecular formula is C22H28ClIN6. The van der Waals surface area contributed by atoms with Gasteiger partial charge >= 0.3 is 0 Å². The minimum Gasteiger partial charge on any atom is -0.361 e. The number of pyridine rings is 1.